The highest BCUT2D eigenvalue weighted by Gasteiger charge is 2.18. The Bertz CT molecular complexity index is 556. The van der Waals surface area contributed by atoms with Crippen LogP contribution in [0.2, 0.25) is 0 Å². The van der Waals surface area contributed by atoms with Crippen LogP contribution in [-0.2, 0) is 12.8 Å². The number of anilines is 1. The molecule has 0 bridgehead atoms. The Kier molecular flexibility index (Phi) is 4.91. The molecule has 2 aromatic carbocycles. The first-order valence-electron chi connectivity index (χ1n) is 6.82. The Balaban J connectivity index is 0.00000147. The fraction of sp³-hybridized carbons (Fsp3) is 0.294. The number of ether oxygens (including phenoxy) is 1. The summed E-state index contributed by atoms with van der Waals surface area (Å²) < 4.78 is 5.31. The molecule has 1 atom stereocenters. The van der Waals surface area contributed by atoms with Crippen molar-refractivity contribution in [2.45, 2.75) is 25.3 Å². The number of halogens is 1. The van der Waals surface area contributed by atoms with Gasteiger partial charge in [-0.15, -0.1) is 12.4 Å². The third-order valence-electron chi connectivity index (χ3n) is 3.79. The highest BCUT2D eigenvalue weighted by atomic mass is 35.5. The lowest BCUT2D eigenvalue weighted by molar-refractivity contribution is 0.413. The van der Waals surface area contributed by atoms with Gasteiger partial charge in [0, 0.05) is 11.7 Å². The number of nitrogens with one attached hydrogen (secondary N) is 1. The highest BCUT2D eigenvalue weighted by molar-refractivity contribution is 5.85. The summed E-state index contributed by atoms with van der Waals surface area (Å²) in [6.07, 6.45) is 3.40. The Morgan fingerprint density at radius 3 is 2.60 bits per heavy atom. The summed E-state index contributed by atoms with van der Waals surface area (Å²) in [5, 5.41) is 3.62. The molecule has 0 amide bonds. The van der Waals surface area contributed by atoms with Crippen LogP contribution >= 0.6 is 12.4 Å². The zero-order valence-electron chi connectivity index (χ0n) is 11.6. The van der Waals surface area contributed by atoms with Crippen molar-refractivity contribution in [3.63, 3.8) is 0 Å². The standard InChI is InChI=1S/C17H19NO.ClH/c1-19-17-10-8-13-7-9-16(11-14(13)12-17)18-15-5-3-2-4-6-15;/h2-6,8,10,12,16,18H,7,9,11H2,1H3;1H. The Morgan fingerprint density at radius 2 is 1.85 bits per heavy atom. The van der Waals surface area contributed by atoms with Gasteiger partial charge in [0.2, 0.25) is 0 Å². The molecular formula is C17H20ClNO. The van der Waals surface area contributed by atoms with Crippen LogP contribution in [-0.4, -0.2) is 13.2 Å². The molecule has 1 aliphatic carbocycles. The van der Waals surface area contributed by atoms with Crippen molar-refractivity contribution in [3.8, 4) is 5.75 Å². The van der Waals surface area contributed by atoms with E-state index < -0.39 is 0 Å². The van der Waals surface area contributed by atoms with Crippen molar-refractivity contribution < 1.29 is 4.74 Å². The molecular weight excluding hydrogens is 270 g/mol. The van der Waals surface area contributed by atoms with E-state index in [1.807, 2.05) is 6.07 Å². The number of methoxy groups -OCH3 is 1. The zero-order chi connectivity index (χ0) is 13.1. The minimum absolute atomic E-state index is 0. The van der Waals surface area contributed by atoms with Crippen molar-refractivity contribution in [1.29, 1.82) is 0 Å². The number of benzene rings is 2. The van der Waals surface area contributed by atoms with Crippen LogP contribution in [0.3, 0.4) is 0 Å². The van der Waals surface area contributed by atoms with Gasteiger partial charge in [-0.2, -0.15) is 0 Å². The van der Waals surface area contributed by atoms with E-state index in [2.05, 4.69) is 47.8 Å². The first-order valence-corrected chi connectivity index (χ1v) is 6.82. The van der Waals surface area contributed by atoms with Crippen LogP contribution < -0.4 is 10.1 Å². The fourth-order valence-electron chi connectivity index (χ4n) is 2.75. The third-order valence-corrected chi connectivity index (χ3v) is 3.79. The van der Waals surface area contributed by atoms with Gasteiger partial charge in [0.05, 0.1) is 7.11 Å². The maximum absolute atomic E-state index is 5.31. The summed E-state index contributed by atoms with van der Waals surface area (Å²) in [6, 6.07) is 17.4. The van der Waals surface area contributed by atoms with E-state index in [-0.39, 0.29) is 12.4 Å². The molecule has 0 heterocycles. The predicted octanol–water partition coefficient (Wildman–Crippen LogP) is 4.09. The summed E-state index contributed by atoms with van der Waals surface area (Å²) in [5.74, 6) is 0.958. The topological polar surface area (TPSA) is 21.3 Å². The Hall–Kier alpha value is -1.67. The van der Waals surface area contributed by atoms with Crippen LogP contribution in [0, 0.1) is 0 Å². The summed E-state index contributed by atoms with van der Waals surface area (Å²) in [7, 11) is 1.73. The molecule has 3 rings (SSSR count). The van der Waals surface area contributed by atoms with Gasteiger partial charge < -0.3 is 10.1 Å². The van der Waals surface area contributed by atoms with Crippen LogP contribution in [0.5, 0.6) is 5.75 Å². The molecule has 20 heavy (non-hydrogen) atoms. The Labute approximate surface area is 126 Å². The van der Waals surface area contributed by atoms with Crippen molar-refractivity contribution in [2.75, 3.05) is 12.4 Å². The van der Waals surface area contributed by atoms with Crippen LogP contribution in [0.1, 0.15) is 17.5 Å². The number of hydrogen-bond acceptors (Lipinski definition) is 2. The van der Waals surface area contributed by atoms with E-state index >= 15 is 0 Å². The quantitative estimate of drug-likeness (QED) is 0.919. The second-order valence-electron chi connectivity index (χ2n) is 5.08. The van der Waals surface area contributed by atoms with E-state index in [0.717, 1.165) is 18.6 Å². The molecule has 0 fully saturated rings. The monoisotopic (exact) mass is 289 g/mol. The lowest BCUT2D eigenvalue weighted by atomic mass is 9.88. The van der Waals surface area contributed by atoms with Gasteiger partial charge >= 0.3 is 0 Å². The van der Waals surface area contributed by atoms with Gasteiger partial charge in [-0.25, -0.2) is 0 Å². The largest absolute Gasteiger partial charge is 0.497 e. The van der Waals surface area contributed by atoms with Crippen LogP contribution in [0.4, 0.5) is 5.69 Å². The molecule has 106 valence electrons. The molecule has 0 saturated heterocycles. The number of rotatable bonds is 3. The lowest BCUT2D eigenvalue weighted by Gasteiger charge is -2.26. The molecule has 1 aliphatic rings. The van der Waals surface area contributed by atoms with Crippen molar-refractivity contribution >= 4 is 18.1 Å². The molecule has 0 spiro atoms. The van der Waals surface area contributed by atoms with Crippen LogP contribution in [0.15, 0.2) is 48.5 Å². The summed E-state index contributed by atoms with van der Waals surface area (Å²) in [4.78, 5) is 0. The smallest absolute Gasteiger partial charge is 0.119 e. The maximum atomic E-state index is 5.31. The van der Waals surface area contributed by atoms with Crippen LogP contribution in [0.25, 0.3) is 0 Å². The summed E-state index contributed by atoms with van der Waals surface area (Å²) >= 11 is 0. The minimum Gasteiger partial charge on any atom is -0.497 e. The second kappa shape index (κ2) is 6.67. The average Bonchev–Trinajstić information content (AvgIpc) is 2.47. The molecule has 2 aromatic rings. The molecule has 1 N–H and O–H groups in total. The number of para-hydroxylation sites is 1. The third kappa shape index (κ3) is 3.26. The second-order valence-corrected chi connectivity index (χ2v) is 5.08. The lowest BCUT2D eigenvalue weighted by Crippen LogP contribution is -2.27. The first-order chi connectivity index (χ1) is 9.35. The fourth-order valence-corrected chi connectivity index (χ4v) is 2.75. The van der Waals surface area contributed by atoms with Crippen molar-refractivity contribution in [1.82, 2.24) is 0 Å². The molecule has 0 saturated carbocycles. The van der Waals surface area contributed by atoms with Gasteiger partial charge in [-0.3, -0.25) is 0 Å². The highest BCUT2D eigenvalue weighted by Crippen LogP contribution is 2.27. The molecule has 1 unspecified atom stereocenters. The van der Waals surface area contributed by atoms with Gasteiger partial charge in [0.1, 0.15) is 5.75 Å². The molecule has 3 heteroatoms. The van der Waals surface area contributed by atoms with Crippen molar-refractivity contribution in [2.24, 2.45) is 0 Å². The van der Waals surface area contributed by atoms with Crippen molar-refractivity contribution in [3.05, 3.63) is 59.7 Å². The molecule has 0 aromatic heterocycles. The zero-order valence-corrected chi connectivity index (χ0v) is 12.5. The van der Waals surface area contributed by atoms with Gasteiger partial charge in [0.15, 0.2) is 0 Å². The summed E-state index contributed by atoms with van der Waals surface area (Å²) in [6.45, 7) is 0. The number of fused-ring (bicyclic) bond motifs is 1. The summed E-state index contributed by atoms with van der Waals surface area (Å²) in [5.41, 5.74) is 4.09. The first kappa shape index (κ1) is 14.7. The molecule has 0 aliphatic heterocycles. The maximum Gasteiger partial charge on any atom is 0.119 e. The van der Waals surface area contributed by atoms with Gasteiger partial charge in [0.25, 0.3) is 0 Å². The van der Waals surface area contributed by atoms with E-state index in [0.29, 0.717) is 6.04 Å². The molecule has 0 radical (unpaired) electrons. The molecule has 2 nitrogen and oxygen atoms in total. The van der Waals surface area contributed by atoms with E-state index in [9.17, 15) is 0 Å². The normalized spacial score (nSPS) is 16.8. The minimum atomic E-state index is 0. The number of hydrogen-bond donors (Lipinski definition) is 1. The van der Waals surface area contributed by atoms with Gasteiger partial charge in [-0.1, -0.05) is 24.3 Å². The van der Waals surface area contributed by atoms with E-state index in [4.69, 9.17) is 4.74 Å². The number of aryl methyl sites for hydroxylation is 1. The SMILES string of the molecule is COc1ccc2c(c1)CC(Nc1ccccc1)CC2.Cl. The van der Waals surface area contributed by atoms with E-state index in [1.165, 1.54) is 23.2 Å². The Morgan fingerprint density at radius 1 is 1.05 bits per heavy atom. The average molecular weight is 290 g/mol. The van der Waals surface area contributed by atoms with E-state index in [1.54, 1.807) is 7.11 Å². The predicted molar refractivity (Wildman–Crippen MR) is 86.1 cm³/mol. The van der Waals surface area contributed by atoms with Gasteiger partial charge in [-0.05, 0) is 54.7 Å².